The quantitative estimate of drug-likeness (QED) is 0.845. The molecule has 3 heterocycles. The molecular weight excluding hydrogens is 288 g/mol. The van der Waals surface area contributed by atoms with Gasteiger partial charge in [-0.3, -0.25) is 4.79 Å². The summed E-state index contributed by atoms with van der Waals surface area (Å²) in [5.74, 6) is 1.41. The second-order valence-electron chi connectivity index (χ2n) is 5.61. The standard InChI is InChI=1S/C15H20N2O3S/c1-21-9-14(18)17-10-15(11-17)8-12(5-7-19-15)20-13-4-2-3-6-16-13/h2-4,6,12H,5,7-11H2,1H3/t12-/m0/s1. The first-order valence-corrected chi connectivity index (χ1v) is 8.58. The zero-order chi connectivity index (χ0) is 14.7. The number of ether oxygens (including phenoxy) is 2. The average Bonchev–Trinajstić information content (AvgIpc) is 2.46. The summed E-state index contributed by atoms with van der Waals surface area (Å²) in [6.45, 7) is 2.06. The molecule has 0 N–H and O–H groups in total. The summed E-state index contributed by atoms with van der Waals surface area (Å²) in [7, 11) is 0. The second-order valence-corrected chi connectivity index (χ2v) is 6.48. The Balaban J connectivity index is 1.54. The van der Waals surface area contributed by atoms with Gasteiger partial charge in [-0.25, -0.2) is 4.98 Å². The highest BCUT2D eigenvalue weighted by Gasteiger charge is 2.49. The molecule has 5 nitrogen and oxygen atoms in total. The zero-order valence-electron chi connectivity index (χ0n) is 12.2. The maximum atomic E-state index is 11.8. The Morgan fingerprint density at radius 2 is 2.43 bits per heavy atom. The SMILES string of the molecule is CSCC(=O)N1CC2(C[C@@H](Oc3ccccn3)CCO2)C1. The van der Waals surface area contributed by atoms with Crippen LogP contribution in [0.15, 0.2) is 24.4 Å². The van der Waals surface area contributed by atoms with E-state index in [4.69, 9.17) is 9.47 Å². The molecule has 2 saturated heterocycles. The van der Waals surface area contributed by atoms with Crippen molar-refractivity contribution in [2.24, 2.45) is 0 Å². The van der Waals surface area contributed by atoms with E-state index in [2.05, 4.69) is 4.98 Å². The summed E-state index contributed by atoms with van der Waals surface area (Å²) in [4.78, 5) is 17.9. The van der Waals surface area contributed by atoms with Crippen LogP contribution in [0.2, 0.25) is 0 Å². The Labute approximate surface area is 129 Å². The van der Waals surface area contributed by atoms with Crippen molar-refractivity contribution in [1.82, 2.24) is 9.88 Å². The molecule has 1 atom stereocenters. The predicted molar refractivity (Wildman–Crippen MR) is 81.5 cm³/mol. The zero-order valence-corrected chi connectivity index (χ0v) is 13.0. The number of likely N-dealkylation sites (tertiary alicyclic amines) is 1. The third-order valence-electron chi connectivity index (χ3n) is 3.95. The predicted octanol–water partition coefficient (Wildman–Crippen LogP) is 1.58. The van der Waals surface area contributed by atoms with E-state index in [0.29, 0.717) is 31.3 Å². The molecule has 0 aromatic carbocycles. The average molecular weight is 308 g/mol. The molecule has 2 fully saturated rings. The van der Waals surface area contributed by atoms with Crippen molar-refractivity contribution >= 4 is 17.7 Å². The van der Waals surface area contributed by atoms with Gasteiger partial charge in [0.15, 0.2) is 0 Å². The molecule has 0 saturated carbocycles. The lowest BCUT2D eigenvalue weighted by Crippen LogP contribution is -2.67. The molecule has 0 aliphatic carbocycles. The molecule has 3 rings (SSSR count). The van der Waals surface area contributed by atoms with Gasteiger partial charge in [-0.15, -0.1) is 0 Å². The minimum atomic E-state index is -0.203. The maximum absolute atomic E-state index is 11.8. The molecule has 1 aromatic heterocycles. The molecule has 2 aliphatic rings. The molecule has 114 valence electrons. The van der Waals surface area contributed by atoms with E-state index in [-0.39, 0.29) is 17.6 Å². The van der Waals surface area contributed by atoms with Gasteiger partial charge in [-0.2, -0.15) is 11.8 Å². The molecule has 6 heteroatoms. The third-order valence-corrected chi connectivity index (χ3v) is 4.49. The maximum Gasteiger partial charge on any atom is 0.232 e. The van der Waals surface area contributed by atoms with Gasteiger partial charge in [0.25, 0.3) is 0 Å². The highest BCUT2D eigenvalue weighted by atomic mass is 32.2. The molecular formula is C15H20N2O3S. The summed E-state index contributed by atoms with van der Waals surface area (Å²) >= 11 is 1.56. The van der Waals surface area contributed by atoms with Gasteiger partial charge in [0.05, 0.1) is 25.4 Å². The fourth-order valence-electron chi connectivity index (χ4n) is 2.93. The Kier molecular flexibility index (Phi) is 4.35. The third kappa shape index (κ3) is 3.32. The van der Waals surface area contributed by atoms with Gasteiger partial charge in [-0.05, 0) is 12.3 Å². The van der Waals surface area contributed by atoms with Crippen LogP contribution in [0.4, 0.5) is 0 Å². The lowest BCUT2D eigenvalue weighted by molar-refractivity contribution is -0.191. The minimum absolute atomic E-state index is 0.117. The molecule has 0 bridgehead atoms. The van der Waals surface area contributed by atoms with Crippen molar-refractivity contribution in [1.29, 1.82) is 0 Å². The van der Waals surface area contributed by atoms with E-state index in [1.54, 1.807) is 18.0 Å². The van der Waals surface area contributed by atoms with E-state index in [9.17, 15) is 4.79 Å². The van der Waals surface area contributed by atoms with Crippen LogP contribution in [0.5, 0.6) is 5.88 Å². The normalized spacial score (nSPS) is 23.7. The van der Waals surface area contributed by atoms with Crippen LogP contribution in [0.25, 0.3) is 0 Å². The first kappa shape index (κ1) is 14.7. The number of amides is 1. The summed E-state index contributed by atoms with van der Waals surface area (Å²) < 4.78 is 11.9. The van der Waals surface area contributed by atoms with Gasteiger partial charge in [0.1, 0.15) is 11.7 Å². The number of hydrogen-bond acceptors (Lipinski definition) is 5. The summed E-state index contributed by atoms with van der Waals surface area (Å²) in [6.07, 6.45) is 5.49. The Hall–Kier alpha value is -1.27. The monoisotopic (exact) mass is 308 g/mol. The van der Waals surface area contributed by atoms with Crippen LogP contribution in [0.1, 0.15) is 12.8 Å². The number of aromatic nitrogens is 1. The Morgan fingerprint density at radius 3 is 3.14 bits per heavy atom. The summed E-state index contributed by atoms with van der Waals surface area (Å²) in [5, 5.41) is 0. The summed E-state index contributed by atoms with van der Waals surface area (Å²) in [5.41, 5.74) is -0.203. The number of pyridine rings is 1. The van der Waals surface area contributed by atoms with Crippen molar-refractivity contribution < 1.29 is 14.3 Å². The van der Waals surface area contributed by atoms with Crippen molar-refractivity contribution in [3.63, 3.8) is 0 Å². The fourth-order valence-corrected chi connectivity index (χ4v) is 3.36. The van der Waals surface area contributed by atoms with Crippen LogP contribution in [0.3, 0.4) is 0 Å². The number of carbonyl (C=O) groups is 1. The van der Waals surface area contributed by atoms with Crippen molar-refractivity contribution in [2.75, 3.05) is 31.7 Å². The Bertz CT molecular complexity index is 491. The van der Waals surface area contributed by atoms with Crippen LogP contribution in [-0.4, -0.2) is 59.2 Å². The van der Waals surface area contributed by atoms with E-state index in [0.717, 1.165) is 12.8 Å². The van der Waals surface area contributed by atoms with Crippen LogP contribution >= 0.6 is 11.8 Å². The van der Waals surface area contributed by atoms with Crippen molar-refractivity contribution in [2.45, 2.75) is 24.5 Å². The number of rotatable bonds is 4. The van der Waals surface area contributed by atoms with E-state index < -0.39 is 0 Å². The van der Waals surface area contributed by atoms with Gasteiger partial charge in [-0.1, -0.05) is 6.07 Å². The lowest BCUT2D eigenvalue weighted by atomic mass is 9.84. The van der Waals surface area contributed by atoms with Crippen LogP contribution in [-0.2, 0) is 9.53 Å². The number of hydrogen-bond donors (Lipinski definition) is 0. The van der Waals surface area contributed by atoms with E-state index in [1.807, 2.05) is 29.4 Å². The molecule has 1 amide bonds. The topological polar surface area (TPSA) is 51.7 Å². The minimum Gasteiger partial charge on any atom is -0.474 e. The lowest BCUT2D eigenvalue weighted by Gasteiger charge is -2.52. The van der Waals surface area contributed by atoms with Crippen molar-refractivity contribution in [3.05, 3.63) is 24.4 Å². The summed E-state index contributed by atoms with van der Waals surface area (Å²) in [6, 6.07) is 5.67. The van der Waals surface area contributed by atoms with E-state index >= 15 is 0 Å². The highest BCUT2D eigenvalue weighted by molar-refractivity contribution is 7.99. The van der Waals surface area contributed by atoms with Gasteiger partial charge >= 0.3 is 0 Å². The number of thioether (sulfide) groups is 1. The fraction of sp³-hybridized carbons (Fsp3) is 0.600. The van der Waals surface area contributed by atoms with Gasteiger partial charge in [0, 0.05) is 25.1 Å². The molecule has 21 heavy (non-hydrogen) atoms. The van der Waals surface area contributed by atoms with Gasteiger partial charge in [0.2, 0.25) is 11.8 Å². The smallest absolute Gasteiger partial charge is 0.232 e. The Morgan fingerprint density at radius 1 is 1.57 bits per heavy atom. The van der Waals surface area contributed by atoms with Crippen LogP contribution < -0.4 is 4.74 Å². The van der Waals surface area contributed by atoms with E-state index in [1.165, 1.54) is 0 Å². The van der Waals surface area contributed by atoms with Crippen LogP contribution in [0, 0.1) is 0 Å². The largest absolute Gasteiger partial charge is 0.474 e. The molecule has 0 unspecified atom stereocenters. The molecule has 1 aromatic rings. The van der Waals surface area contributed by atoms with Crippen molar-refractivity contribution in [3.8, 4) is 5.88 Å². The number of carbonyl (C=O) groups excluding carboxylic acids is 1. The first-order valence-electron chi connectivity index (χ1n) is 7.19. The number of nitrogens with zero attached hydrogens (tertiary/aromatic N) is 2. The molecule has 0 radical (unpaired) electrons. The second kappa shape index (κ2) is 6.23. The molecule has 1 spiro atoms. The molecule has 2 aliphatic heterocycles. The van der Waals surface area contributed by atoms with Gasteiger partial charge < -0.3 is 14.4 Å². The highest BCUT2D eigenvalue weighted by Crippen LogP contribution is 2.35. The first-order chi connectivity index (χ1) is 10.2.